The average Bonchev–Trinajstić information content (AvgIpc) is 2.95. The smallest absolute Gasteiger partial charge is 0.226 e. The van der Waals surface area contributed by atoms with Gasteiger partial charge < -0.3 is 10.6 Å². The van der Waals surface area contributed by atoms with Gasteiger partial charge in [0.15, 0.2) is 0 Å². The van der Waals surface area contributed by atoms with Crippen LogP contribution in [0.15, 0.2) is 35.8 Å². The first-order valence-corrected chi connectivity index (χ1v) is 7.52. The van der Waals surface area contributed by atoms with Gasteiger partial charge in [-0.3, -0.25) is 4.79 Å². The normalized spacial score (nSPS) is 12.1. The van der Waals surface area contributed by atoms with Gasteiger partial charge in [-0.05, 0) is 36.9 Å². The van der Waals surface area contributed by atoms with Crippen LogP contribution in [0.25, 0.3) is 0 Å². The van der Waals surface area contributed by atoms with E-state index in [1.54, 1.807) is 17.5 Å². The molecular weight excluding hydrogens is 270 g/mol. The first-order valence-electron chi connectivity index (χ1n) is 6.64. The summed E-state index contributed by atoms with van der Waals surface area (Å²) in [6.45, 7) is 4.72. The predicted molar refractivity (Wildman–Crippen MR) is 83.0 cm³/mol. The molecule has 0 aliphatic carbocycles. The van der Waals surface area contributed by atoms with E-state index in [2.05, 4.69) is 34.0 Å². The Morgan fingerprint density at radius 2 is 2.25 bits per heavy atom. The van der Waals surface area contributed by atoms with Crippen LogP contribution in [0, 0.1) is 6.92 Å². The summed E-state index contributed by atoms with van der Waals surface area (Å²) >= 11 is 1.72. The maximum Gasteiger partial charge on any atom is 0.226 e. The molecule has 0 saturated carbocycles. The van der Waals surface area contributed by atoms with Gasteiger partial charge >= 0.3 is 0 Å². The number of thiophene rings is 1. The monoisotopic (exact) mass is 289 g/mol. The number of aryl methyl sites for hydroxylation is 1. The van der Waals surface area contributed by atoms with Gasteiger partial charge in [0.1, 0.15) is 5.82 Å². The maximum absolute atomic E-state index is 11.8. The van der Waals surface area contributed by atoms with E-state index in [4.69, 9.17) is 0 Å². The third kappa shape index (κ3) is 4.43. The first kappa shape index (κ1) is 14.7. The van der Waals surface area contributed by atoms with E-state index in [0.29, 0.717) is 18.8 Å². The second-order valence-corrected chi connectivity index (χ2v) is 5.69. The number of nitrogens with zero attached hydrogens (tertiary/aromatic N) is 1. The highest BCUT2D eigenvalue weighted by molar-refractivity contribution is 7.10. The van der Waals surface area contributed by atoms with Crippen molar-refractivity contribution in [3.8, 4) is 0 Å². The zero-order chi connectivity index (χ0) is 14.4. The Bertz CT molecular complexity index is 537. The summed E-state index contributed by atoms with van der Waals surface area (Å²) in [7, 11) is 0. The molecule has 0 bridgehead atoms. The molecule has 0 spiro atoms. The van der Waals surface area contributed by atoms with Gasteiger partial charge in [-0.25, -0.2) is 4.98 Å². The molecule has 20 heavy (non-hydrogen) atoms. The predicted octanol–water partition coefficient (Wildman–Crippen LogP) is 3.13. The SMILES string of the molecule is Cc1ccc(NC(=O)CCNC(C)c2cccs2)nc1. The zero-order valence-corrected chi connectivity index (χ0v) is 12.5. The Balaban J connectivity index is 1.71. The van der Waals surface area contributed by atoms with Gasteiger partial charge in [0, 0.05) is 30.1 Å². The van der Waals surface area contributed by atoms with Gasteiger partial charge in [0.25, 0.3) is 0 Å². The molecule has 106 valence electrons. The van der Waals surface area contributed by atoms with Crippen LogP contribution in [0.2, 0.25) is 0 Å². The molecule has 1 atom stereocenters. The Hall–Kier alpha value is -1.72. The number of carbonyl (C=O) groups excluding carboxylic acids is 1. The lowest BCUT2D eigenvalue weighted by atomic mass is 10.2. The number of carbonyl (C=O) groups is 1. The molecule has 2 aromatic rings. The number of rotatable bonds is 6. The molecule has 0 fully saturated rings. The average molecular weight is 289 g/mol. The standard InChI is InChI=1S/C15H19N3OS/c1-11-5-6-14(17-10-11)18-15(19)7-8-16-12(2)13-4-3-9-20-13/h3-6,9-10,12,16H,7-8H2,1-2H3,(H,17,18,19). The third-order valence-corrected chi connectivity index (χ3v) is 4.01. The van der Waals surface area contributed by atoms with Crippen LogP contribution >= 0.6 is 11.3 Å². The third-order valence-electron chi connectivity index (χ3n) is 2.95. The van der Waals surface area contributed by atoms with Crippen LogP contribution in [-0.2, 0) is 4.79 Å². The Morgan fingerprint density at radius 1 is 1.40 bits per heavy atom. The van der Waals surface area contributed by atoms with Gasteiger partial charge in [-0.2, -0.15) is 0 Å². The molecule has 0 saturated heterocycles. The summed E-state index contributed by atoms with van der Waals surface area (Å²) in [5, 5.41) is 8.19. The second kappa shape index (κ2) is 7.17. The van der Waals surface area contributed by atoms with Gasteiger partial charge in [-0.1, -0.05) is 12.1 Å². The number of amides is 1. The van der Waals surface area contributed by atoms with Crippen molar-refractivity contribution in [1.82, 2.24) is 10.3 Å². The fourth-order valence-corrected chi connectivity index (χ4v) is 2.55. The molecule has 4 nitrogen and oxygen atoms in total. The van der Waals surface area contributed by atoms with Crippen molar-refractivity contribution in [3.63, 3.8) is 0 Å². The van der Waals surface area contributed by atoms with Crippen molar-refractivity contribution in [3.05, 3.63) is 46.3 Å². The lowest BCUT2D eigenvalue weighted by molar-refractivity contribution is -0.116. The summed E-state index contributed by atoms with van der Waals surface area (Å²) in [5.41, 5.74) is 1.08. The highest BCUT2D eigenvalue weighted by Crippen LogP contribution is 2.17. The summed E-state index contributed by atoms with van der Waals surface area (Å²) in [5.74, 6) is 0.583. The van der Waals surface area contributed by atoms with Crippen LogP contribution in [-0.4, -0.2) is 17.4 Å². The van der Waals surface area contributed by atoms with Crippen molar-refractivity contribution < 1.29 is 4.79 Å². The molecular formula is C15H19N3OS. The molecule has 0 radical (unpaired) electrons. The molecule has 2 aromatic heterocycles. The Kier molecular flexibility index (Phi) is 5.26. The highest BCUT2D eigenvalue weighted by Gasteiger charge is 2.07. The first-order chi connectivity index (χ1) is 9.65. The number of aromatic nitrogens is 1. The lowest BCUT2D eigenvalue weighted by Gasteiger charge is -2.11. The summed E-state index contributed by atoms with van der Waals surface area (Å²) in [6.07, 6.45) is 2.18. The number of pyridine rings is 1. The van der Waals surface area contributed by atoms with Crippen molar-refractivity contribution in [1.29, 1.82) is 0 Å². The van der Waals surface area contributed by atoms with E-state index < -0.39 is 0 Å². The minimum atomic E-state index is -0.0211. The Morgan fingerprint density at radius 3 is 2.90 bits per heavy atom. The van der Waals surface area contributed by atoms with Crippen LogP contribution in [0.3, 0.4) is 0 Å². The minimum absolute atomic E-state index is 0.0211. The lowest BCUT2D eigenvalue weighted by Crippen LogP contribution is -2.24. The molecule has 1 amide bonds. The van der Waals surface area contributed by atoms with E-state index in [-0.39, 0.29) is 11.9 Å². The topological polar surface area (TPSA) is 54.0 Å². The molecule has 5 heteroatoms. The molecule has 0 aromatic carbocycles. The minimum Gasteiger partial charge on any atom is -0.311 e. The van der Waals surface area contributed by atoms with Crippen LogP contribution in [0.5, 0.6) is 0 Å². The van der Waals surface area contributed by atoms with Crippen molar-refractivity contribution in [2.24, 2.45) is 0 Å². The van der Waals surface area contributed by atoms with Crippen molar-refractivity contribution in [2.75, 3.05) is 11.9 Å². The van der Waals surface area contributed by atoms with Gasteiger partial charge in [0.05, 0.1) is 0 Å². The Labute approximate surface area is 123 Å². The van der Waals surface area contributed by atoms with E-state index >= 15 is 0 Å². The van der Waals surface area contributed by atoms with Crippen LogP contribution in [0.4, 0.5) is 5.82 Å². The molecule has 2 heterocycles. The van der Waals surface area contributed by atoms with E-state index in [0.717, 1.165) is 5.56 Å². The van der Waals surface area contributed by atoms with Crippen molar-refractivity contribution >= 4 is 23.1 Å². The fraction of sp³-hybridized carbons (Fsp3) is 0.333. The quantitative estimate of drug-likeness (QED) is 0.859. The van der Waals surface area contributed by atoms with Gasteiger partial charge in [0.2, 0.25) is 5.91 Å². The van der Waals surface area contributed by atoms with E-state index in [1.807, 2.05) is 25.1 Å². The zero-order valence-electron chi connectivity index (χ0n) is 11.7. The molecule has 1 unspecified atom stereocenters. The van der Waals surface area contributed by atoms with E-state index in [1.165, 1.54) is 4.88 Å². The van der Waals surface area contributed by atoms with Crippen molar-refractivity contribution in [2.45, 2.75) is 26.3 Å². The molecule has 0 aliphatic heterocycles. The summed E-state index contributed by atoms with van der Waals surface area (Å²) in [6, 6.07) is 8.15. The number of hydrogen-bond acceptors (Lipinski definition) is 4. The summed E-state index contributed by atoms with van der Waals surface area (Å²) in [4.78, 5) is 17.2. The van der Waals surface area contributed by atoms with Gasteiger partial charge in [-0.15, -0.1) is 11.3 Å². The summed E-state index contributed by atoms with van der Waals surface area (Å²) < 4.78 is 0. The fourth-order valence-electron chi connectivity index (χ4n) is 1.79. The number of anilines is 1. The second-order valence-electron chi connectivity index (χ2n) is 4.71. The molecule has 2 N–H and O–H groups in total. The largest absolute Gasteiger partial charge is 0.311 e. The molecule has 2 rings (SSSR count). The number of nitrogens with one attached hydrogen (secondary N) is 2. The van der Waals surface area contributed by atoms with E-state index in [9.17, 15) is 4.79 Å². The van der Waals surface area contributed by atoms with Crippen LogP contribution in [0.1, 0.15) is 29.8 Å². The van der Waals surface area contributed by atoms with Crippen LogP contribution < -0.4 is 10.6 Å². The molecule has 0 aliphatic rings. The maximum atomic E-state index is 11.8. The highest BCUT2D eigenvalue weighted by atomic mass is 32.1. The number of hydrogen-bond donors (Lipinski definition) is 2.